The van der Waals surface area contributed by atoms with E-state index < -0.39 is 6.29 Å². The summed E-state index contributed by atoms with van der Waals surface area (Å²) in [4.78, 5) is 13.0. The highest BCUT2D eigenvalue weighted by molar-refractivity contribution is 5.69. The molecule has 5 nitrogen and oxygen atoms in total. The van der Waals surface area contributed by atoms with Crippen molar-refractivity contribution in [3.05, 3.63) is 0 Å². The van der Waals surface area contributed by atoms with E-state index in [1.54, 1.807) is 11.9 Å². The molecule has 0 bridgehead atoms. The summed E-state index contributed by atoms with van der Waals surface area (Å²) in [5.41, 5.74) is 0. The predicted octanol–water partition coefficient (Wildman–Crippen LogP) is 1.13. The van der Waals surface area contributed by atoms with Crippen molar-refractivity contribution in [1.29, 1.82) is 0 Å². The van der Waals surface area contributed by atoms with E-state index in [0.29, 0.717) is 19.6 Å². The molecular formula is C13H27NO4. The fraction of sp³-hybridized carbons (Fsp3) is 0.923. The fourth-order valence-corrected chi connectivity index (χ4v) is 1.63. The van der Waals surface area contributed by atoms with E-state index in [9.17, 15) is 4.79 Å². The van der Waals surface area contributed by atoms with Crippen LogP contribution in [0.3, 0.4) is 0 Å². The van der Waals surface area contributed by atoms with E-state index in [1.165, 1.54) is 19.3 Å². The molecule has 0 aromatic rings. The number of carbonyl (C=O) groups is 1. The van der Waals surface area contributed by atoms with Crippen molar-refractivity contribution in [2.45, 2.75) is 51.7 Å². The number of hydrogen-bond acceptors (Lipinski definition) is 5. The quantitative estimate of drug-likeness (QED) is 0.331. The number of esters is 1. The Morgan fingerprint density at radius 3 is 2.50 bits per heavy atom. The number of nitrogens with zero attached hydrogens (tertiary/aromatic N) is 1. The topological polar surface area (TPSA) is 70.0 Å². The first-order valence-corrected chi connectivity index (χ1v) is 6.76. The molecule has 0 amide bonds. The number of likely N-dealkylation sites (N-methyl/N-ethyl adjacent to an activating group) is 1. The highest BCUT2D eigenvalue weighted by atomic mass is 16.5. The Morgan fingerprint density at radius 2 is 1.89 bits per heavy atom. The number of carbonyl (C=O) groups excluding carboxylic acids is 1. The Hall–Kier alpha value is -0.650. The predicted molar refractivity (Wildman–Crippen MR) is 70.1 cm³/mol. The third-order valence-corrected chi connectivity index (χ3v) is 2.70. The summed E-state index contributed by atoms with van der Waals surface area (Å²) in [6.07, 6.45) is 4.72. The lowest BCUT2D eigenvalue weighted by atomic mass is 10.1. The molecule has 2 N–H and O–H groups in total. The van der Waals surface area contributed by atoms with E-state index in [1.807, 2.05) is 0 Å². The maximum Gasteiger partial charge on any atom is 0.305 e. The number of hydrogen-bond donors (Lipinski definition) is 2. The van der Waals surface area contributed by atoms with Gasteiger partial charge in [0.05, 0.1) is 0 Å². The Morgan fingerprint density at radius 1 is 1.22 bits per heavy atom. The van der Waals surface area contributed by atoms with E-state index >= 15 is 0 Å². The van der Waals surface area contributed by atoms with Crippen LogP contribution in [0.4, 0.5) is 0 Å². The highest BCUT2D eigenvalue weighted by Crippen LogP contribution is 2.05. The number of unbranched alkanes of at least 4 members (excludes halogenated alkanes) is 4. The van der Waals surface area contributed by atoms with Gasteiger partial charge in [-0.25, -0.2) is 0 Å². The monoisotopic (exact) mass is 261 g/mol. The zero-order chi connectivity index (χ0) is 13.8. The van der Waals surface area contributed by atoms with Crippen molar-refractivity contribution < 1.29 is 19.7 Å². The molecule has 0 heterocycles. The average Bonchev–Trinajstić information content (AvgIpc) is 2.27. The van der Waals surface area contributed by atoms with Crippen LogP contribution in [0.2, 0.25) is 0 Å². The van der Waals surface area contributed by atoms with Crippen molar-refractivity contribution >= 4 is 5.97 Å². The second-order valence-electron chi connectivity index (χ2n) is 4.63. The largest absolute Gasteiger partial charge is 0.464 e. The third kappa shape index (κ3) is 11.8. The molecule has 0 spiro atoms. The van der Waals surface area contributed by atoms with Crippen LogP contribution < -0.4 is 0 Å². The van der Waals surface area contributed by atoms with Gasteiger partial charge in [0.1, 0.15) is 6.61 Å². The second-order valence-corrected chi connectivity index (χ2v) is 4.63. The summed E-state index contributed by atoms with van der Waals surface area (Å²) in [6.45, 7) is 3.14. The summed E-state index contributed by atoms with van der Waals surface area (Å²) in [7, 11) is 1.75. The first-order chi connectivity index (χ1) is 8.56. The van der Waals surface area contributed by atoms with Crippen molar-refractivity contribution in [3.63, 3.8) is 0 Å². The van der Waals surface area contributed by atoms with E-state index in [0.717, 1.165) is 12.8 Å². The number of aliphatic hydroxyl groups excluding tert-OH is 1. The van der Waals surface area contributed by atoms with E-state index in [2.05, 4.69) is 6.92 Å². The lowest BCUT2D eigenvalue weighted by Gasteiger charge is -2.17. The van der Waals surface area contributed by atoms with Crippen LogP contribution in [0.1, 0.15) is 45.4 Å². The van der Waals surface area contributed by atoms with Crippen LogP contribution in [-0.2, 0) is 9.53 Å². The molecule has 0 aromatic carbocycles. The number of ether oxygens (including phenoxy) is 1. The third-order valence-electron chi connectivity index (χ3n) is 2.70. The molecule has 0 radical (unpaired) electrons. The summed E-state index contributed by atoms with van der Waals surface area (Å²) in [5.74, 6) is -0.163. The Bertz CT molecular complexity index is 209. The first kappa shape index (κ1) is 17.4. The Balaban J connectivity index is 3.36. The minimum atomic E-state index is -1.34. The molecule has 0 saturated carbocycles. The molecular weight excluding hydrogens is 234 g/mol. The van der Waals surface area contributed by atoms with Gasteiger partial charge in [0.15, 0.2) is 6.29 Å². The van der Waals surface area contributed by atoms with Gasteiger partial charge in [-0.15, -0.1) is 0 Å². The standard InChI is InChI=1S/C13H27NO4/c1-3-4-5-6-7-8-13(17)18-10-9-14(2)11-12(15)16/h12,15-16H,3-11H2,1-2H3. The lowest BCUT2D eigenvalue weighted by Crippen LogP contribution is -2.31. The first-order valence-electron chi connectivity index (χ1n) is 6.76. The molecule has 0 aliphatic rings. The average molecular weight is 261 g/mol. The maximum absolute atomic E-state index is 11.3. The van der Waals surface area contributed by atoms with Gasteiger partial charge >= 0.3 is 5.97 Å². The van der Waals surface area contributed by atoms with E-state index in [4.69, 9.17) is 14.9 Å². The van der Waals surface area contributed by atoms with Crippen molar-refractivity contribution in [2.24, 2.45) is 0 Å². The lowest BCUT2D eigenvalue weighted by molar-refractivity contribution is -0.144. The second kappa shape index (κ2) is 11.4. The van der Waals surface area contributed by atoms with Crippen molar-refractivity contribution in [2.75, 3.05) is 26.7 Å². The zero-order valence-corrected chi connectivity index (χ0v) is 11.6. The zero-order valence-electron chi connectivity index (χ0n) is 11.6. The van der Waals surface area contributed by atoms with Crippen LogP contribution in [-0.4, -0.2) is 54.1 Å². The van der Waals surface area contributed by atoms with Gasteiger partial charge in [0.25, 0.3) is 0 Å². The normalized spacial score (nSPS) is 11.2. The molecule has 18 heavy (non-hydrogen) atoms. The summed E-state index contributed by atoms with van der Waals surface area (Å²) >= 11 is 0. The molecule has 0 aliphatic heterocycles. The van der Waals surface area contributed by atoms with Gasteiger partial charge < -0.3 is 14.9 Å². The van der Waals surface area contributed by atoms with Crippen LogP contribution in [0, 0.1) is 0 Å². The molecule has 0 unspecified atom stereocenters. The van der Waals surface area contributed by atoms with E-state index in [-0.39, 0.29) is 12.5 Å². The molecule has 0 rings (SSSR count). The Kier molecular flexibility index (Phi) is 11.0. The van der Waals surface area contributed by atoms with Crippen molar-refractivity contribution in [3.8, 4) is 0 Å². The molecule has 0 fully saturated rings. The minimum Gasteiger partial charge on any atom is -0.464 e. The molecule has 0 atom stereocenters. The number of rotatable bonds is 11. The van der Waals surface area contributed by atoms with Crippen LogP contribution in [0.15, 0.2) is 0 Å². The number of aliphatic hydroxyl groups is 2. The van der Waals surface area contributed by atoms with Gasteiger partial charge in [0, 0.05) is 19.5 Å². The van der Waals surface area contributed by atoms with Crippen LogP contribution in [0.25, 0.3) is 0 Å². The van der Waals surface area contributed by atoms with Crippen LogP contribution in [0.5, 0.6) is 0 Å². The summed E-state index contributed by atoms with van der Waals surface area (Å²) in [6, 6.07) is 0. The van der Waals surface area contributed by atoms with Gasteiger partial charge in [-0.05, 0) is 13.5 Å². The molecule has 108 valence electrons. The SMILES string of the molecule is CCCCCCCC(=O)OCCN(C)CC(O)O. The molecule has 0 saturated heterocycles. The fourth-order valence-electron chi connectivity index (χ4n) is 1.63. The van der Waals surface area contributed by atoms with Gasteiger partial charge in [-0.3, -0.25) is 9.69 Å². The summed E-state index contributed by atoms with van der Waals surface area (Å²) < 4.78 is 5.06. The minimum absolute atomic E-state index is 0.161. The molecule has 0 aliphatic carbocycles. The van der Waals surface area contributed by atoms with Gasteiger partial charge in [-0.1, -0.05) is 32.6 Å². The molecule has 0 aromatic heterocycles. The maximum atomic E-state index is 11.3. The van der Waals surface area contributed by atoms with Crippen molar-refractivity contribution in [1.82, 2.24) is 4.90 Å². The van der Waals surface area contributed by atoms with Gasteiger partial charge in [0.2, 0.25) is 0 Å². The smallest absolute Gasteiger partial charge is 0.305 e. The summed E-state index contributed by atoms with van der Waals surface area (Å²) in [5, 5.41) is 17.4. The highest BCUT2D eigenvalue weighted by Gasteiger charge is 2.06. The van der Waals surface area contributed by atoms with Crippen LogP contribution >= 0.6 is 0 Å². The Labute approximate surface area is 110 Å². The molecule has 5 heteroatoms. The van der Waals surface area contributed by atoms with Gasteiger partial charge in [-0.2, -0.15) is 0 Å².